The van der Waals surface area contributed by atoms with Crippen LogP contribution in [0, 0.1) is 11.8 Å². The summed E-state index contributed by atoms with van der Waals surface area (Å²) in [6.45, 7) is 2.18. The number of amides is 2. The predicted molar refractivity (Wildman–Crippen MR) is 261 cm³/mol. The fraction of sp³-hybridized carbons (Fsp3) is 0.440. The van der Waals surface area contributed by atoms with Crippen molar-refractivity contribution in [2.75, 3.05) is 53.5 Å². The van der Waals surface area contributed by atoms with Crippen molar-refractivity contribution in [3.8, 4) is 34.5 Å². The monoisotopic (exact) mass is 1030 g/mol. The van der Waals surface area contributed by atoms with E-state index in [0.717, 1.165) is 47.9 Å². The van der Waals surface area contributed by atoms with Gasteiger partial charge in [0.1, 0.15) is 59.6 Å². The molecule has 18 nitrogen and oxygen atoms in total. The third-order valence-corrected chi connectivity index (χ3v) is 15.0. The maximum Gasteiger partial charge on any atom is 0.406 e. The van der Waals surface area contributed by atoms with Gasteiger partial charge in [-0.3, -0.25) is 9.59 Å². The van der Waals surface area contributed by atoms with Crippen LogP contribution in [0.2, 0.25) is 0 Å². The van der Waals surface area contributed by atoms with Gasteiger partial charge in [0.15, 0.2) is 11.6 Å². The Balaban J connectivity index is 0.000000159. The van der Waals surface area contributed by atoms with Gasteiger partial charge in [-0.05, 0) is 87.0 Å². The minimum Gasteiger partial charge on any atom is -0.494 e. The van der Waals surface area contributed by atoms with Crippen LogP contribution in [0.3, 0.4) is 0 Å². The highest BCUT2D eigenvalue weighted by atomic mass is 19.4. The molecular weight excluding hydrogens is 975 g/mol. The molecule has 388 valence electrons. The lowest BCUT2D eigenvalue weighted by Gasteiger charge is -2.35. The Labute approximate surface area is 418 Å². The first-order valence-corrected chi connectivity index (χ1v) is 24.3. The average molecular weight is 1030 g/mol. The van der Waals surface area contributed by atoms with Gasteiger partial charge in [-0.25, -0.2) is 29.9 Å². The third-order valence-electron chi connectivity index (χ3n) is 15.0. The van der Waals surface area contributed by atoms with Crippen molar-refractivity contribution in [1.29, 1.82) is 0 Å². The molecule has 0 saturated carbocycles. The van der Waals surface area contributed by atoms with Gasteiger partial charge in [-0.15, -0.1) is 0 Å². The second-order valence-corrected chi connectivity index (χ2v) is 19.4. The van der Waals surface area contributed by atoms with Crippen molar-refractivity contribution in [3.05, 3.63) is 72.6 Å². The number of benzene rings is 2. The number of nitrogens with zero attached hydrogens (tertiary/aromatic N) is 12. The highest BCUT2D eigenvalue weighted by Crippen LogP contribution is 2.38. The van der Waals surface area contributed by atoms with E-state index in [0.29, 0.717) is 117 Å². The smallest absolute Gasteiger partial charge is 0.406 e. The van der Waals surface area contributed by atoms with Gasteiger partial charge in [-0.1, -0.05) is 0 Å². The summed E-state index contributed by atoms with van der Waals surface area (Å²) in [5.41, 5.74) is 3.79. The molecule has 24 heteroatoms. The van der Waals surface area contributed by atoms with Crippen LogP contribution in [-0.4, -0.2) is 148 Å². The van der Waals surface area contributed by atoms with Gasteiger partial charge < -0.3 is 48.2 Å². The maximum absolute atomic E-state index is 13.5. The number of carbonyl (C=O) groups is 2. The second-order valence-electron chi connectivity index (χ2n) is 19.4. The zero-order valence-corrected chi connectivity index (χ0v) is 40.8. The fourth-order valence-electron chi connectivity index (χ4n) is 11.5. The molecule has 0 spiro atoms. The van der Waals surface area contributed by atoms with Gasteiger partial charge in [0, 0.05) is 86.7 Å². The van der Waals surface area contributed by atoms with Crippen molar-refractivity contribution in [2.45, 2.75) is 63.2 Å². The standard InChI is InChI=1S/2C25H26F3N7O2/c2*1-33-21-17(32-23(33)19-8-16-10-29-13-31-22(16)35(19)12-25(26,27)28)7-15(9-20(21)37-2)24(36)34-6-4-14-3-5-30-18(14)11-34/h2*7-10,13-14,18,30H,3-6,11-12H2,1-2H3/t14-,18+;/m1./s1. The quantitative estimate of drug-likeness (QED) is 0.153. The van der Waals surface area contributed by atoms with Crippen LogP contribution in [0.4, 0.5) is 26.3 Å². The summed E-state index contributed by atoms with van der Waals surface area (Å²) in [5.74, 6) is 2.44. The zero-order chi connectivity index (χ0) is 51.8. The molecule has 6 aromatic heterocycles. The van der Waals surface area contributed by atoms with Crippen LogP contribution in [0.1, 0.15) is 46.4 Å². The number of rotatable bonds is 8. The van der Waals surface area contributed by atoms with Crippen molar-refractivity contribution < 1.29 is 45.4 Å². The number of hydrogen-bond donors (Lipinski definition) is 2. The van der Waals surface area contributed by atoms with Crippen LogP contribution in [0.15, 0.2) is 61.4 Å². The molecule has 2 unspecified atom stereocenters. The summed E-state index contributed by atoms with van der Waals surface area (Å²) < 4.78 is 97.8. The molecular formula is C50H52F6N14O4. The molecule has 4 aliphatic rings. The molecule has 2 amide bonds. The summed E-state index contributed by atoms with van der Waals surface area (Å²) >= 11 is 0. The number of aromatic nitrogens is 10. The molecule has 4 saturated heterocycles. The molecule has 4 fully saturated rings. The van der Waals surface area contributed by atoms with E-state index in [4.69, 9.17) is 9.47 Å². The largest absolute Gasteiger partial charge is 0.494 e. The van der Waals surface area contributed by atoms with E-state index in [1.165, 1.54) is 39.3 Å². The number of nitrogens with one attached hydrogen (secondary N) is 2. The van der Waals surface area contributed by atoms with Crippen molar-refractivity contribution in [1.82, 2.24) is 68.6 Å². The molecule has 4 atom stereocenters. The summed E-state index contributed by atoms with van der Waals surface area (Å²) in [4.78, 5) is 56.0. The molecule has 10 heterocycles. The summed E-state index contributed by atoms with van der Waals surface area (Å²) in [7, 11) is 6.43. The molecule has 8 aromatic rings. The lowest BCUT2D eigenvalue weighted by Crippen LogP contribution is -2.48. The third kappa shape index (κ3) is 9.00. The minimum atomic E-state index is -4.46. The van der Waals surface area contributed by atoms with Crippen molar-refractivity contribution in [3.63, 3.8) is 0 Å². The molecule has 2 aromatic carbocycles. The Morgan fingerprint density at radius 2 is 1.04 bits per heavy atom. The molecule has 2 N–H and O–H groups in total. The van der Waals surface area contributed by atoms with E-state index >= 15 is 0 Å². The average Bonchev–Trinajstić information content (AvgIpc) is 4.26. The van der Waals surface area contributed by atoms with E-state index in [1.807, 2.05) is 9.80 Å². The SMILES string of the molecule is COc1cc(C(=O)N2CCC3CCNC3C2)cc2nc(-c3cc4cncnc4n3CC(F)(F)F)n(C)c12.COc1cc(C(=O)N2CC[C@H]3CCN[C@H]3C2)cc2nc(-c3cc4cncnc4n3CC(F)(F)F)n(C)c12. The van der Waals surface area contributed by atoms with Crippen molar-refractivity contribution >= 4 is 55.9 Å². The normalized spacial score (nSPS) is 20.1. The Bertz CT molecular complexity index is 3250. The number of aryl methyl sites for hydroxylation is 2. The van der Waals surface area contributed by atoms with Gasteiger partial charge in [0.05, 0.1) is 36.6 Å². The zero-order valence-electron chi connectivity index (χ0n) is 40.8. The van der Waals surface area contributed by atoms with E-state index in [9.17, 15) is 35.9 Å². The van der Waals surface area contributed by atoms with Crippen molar-refractivity contribution in [2.24, 2.45) is 25.9 Å². The first kappa shape index (κ1) is 48.9. The minimum absolute atomic E-state index is 0.110. The Morgan fingerprint density at radius 3 is 1.43 bits per heavy atom. The van der Waals surface area contributed by atoms with E-state index in [2.05, 4.69) is 40.5 Å². The number of carbonyl (C=O) groups excluding carboxylic acids is 2. The Morgan fingerprint density at radius 1 is 0.622 bits per heavy atom. The van der Waals surface area contributed by atoms with Crippen LogP contribution >= 0.6 is 0 Å². The number of piperidine rings is 2. The highest BCUT2D eigenvalue weighted by Gasteiger charge is 2.38. The fourth-order valence-corrected chi connectivity index (χ4v) is 11.5. The number of fused-ring (bicyclic) bond motifs is 6. The van der Waals surface area contributed by atoms with Crippen LogP contribution in [-0.2, 0) is 27.2 Å². The Kier molecular flexibility index (Phi) is 12.5. The molecule has 12 rings (SSSR count). The molecule has 0 bridgehead atoms. The lowest BCUT2D eigenvalue weighted by atomic mass is 9.92. The maximum atomic E-state index is 13.5. The highest BCUT2D eigenvalue weighted by molar-refractivity contribution is 6.01. The number of halogens is 6. The summed E-state index contributed by atoms with van der Waals surface area (Å²) in [6, 6.07) is 10.6. The number of ether oxygens (including phenoxy) is 2. The second kappa shape index (κ2) is 18.9. The first-order valence-electron chi connectivity index (χ1n) is 24.3. The van der Waals surface area contributed by atoms with Crippen LogP contribution in [0.5, 0.6) is 11.5 Å². The molecule has 0 radical (unpaired) electrons. The van der Waals surface area contributed by atoms with Gasteiger partial charge in [0.2, 0.25) is 0 Å². The number of methoxy groups -OCH3 is 2. The predicted octanol–water partition coefficient (Wildman–Crippen LogP) is 6.76. The van der Waals surface area contributed by atoms with Crippen LogP contribution in [0.25, 0.3) is 67.2 Å². The molecule has 0 aliphatic carbocycles. The topological polar surface area (TPSA) is 180 Å². The molecule has 74 heavy (non-hydrogen) atoms. The number of imidazole rings is 2. The summed E-state index contributed by atoms with van der Waals surface area (Å²) in [5, 5.41) is 7.91. The van der Waals surface area contributed by atoms with E-state index in [1.54, 1.807) is 59.6 Å². The first-order chi connectivity index (χ1) is 35.5. The lowest BCUT2D eigenvalue weighted by molar-refractivity contribution is -0.140. The van der Waals surface area contributed by atoms with Gasteiger partial charge >= 0.3 is 12.4 Å². The number of likely N-dealkylation sites (tertiary alicyclic amines) is 2. The number of alkyl halides is 6. The molecule has 4 aliphatic heterocycles. The Hall–Kier alpha value is -7.34. The number of hydrogen-bond acceptors (Lipinski definition) is 12. The van der Waals surface area contributed by atoms with Crippen LogP contribution < -0.4 is 20.1 Å². The van der Waals surface area contributed by atoms with Gasteiger partial charge in [-0.2, -0.15) is 26.3 Å². The van der Waals surface area contributed by atoms with E-state index < -0.39 is 25.4 Å². The summed E-state index contributed by atoms with van der Waals surface area (Å²) in [6.07, 6.45) is 0.663. The van der Waals surface area contributed by atoms with E-state index in [-0.39, 0.29) is 34.5 Å². The van der Waals surface area contributed by atoms with Gasteiger partial charge in [0.25, 0.3) is 11.8 Å².